The summed E-state index contributed by atoms with van der Waals surface area (Å²) in [4.78, 5) is -0.642. The van der Waals surface area contributed by atoms with Crippen molar-refractivity contribution < 1.29 is 17.2 Å². The summed E-state index contributed by atoms with van der Waals surface area (Å²) < 4.78 is 51.6. The molecule has 0 spiro atoms. The molecule has 2 aromatic rings. The second-order valence-corrected chi connectivity index (χ2v) is 5.81. The maximum atomic E-state index is 13.6. The average molecular weight is 280 g/mol. The molecule has 0 aliphatic rings. The third-order valence-electron chi connectivity index (χ3n) is 2.62. The maximum absolute atomic E-state index is 13.6. The first kappa shape index (κ1) is 13.4. The van der Waals surface area contributed by atoms with Crippen LogP contribution in [0.15, 0.2) is 60.0 Å². The van der Waals surface area contributed by atoms with Crippen LogP contribution in [-0.2, 0) is 9.84 Å². The molecule has 0 N–H and O–H groups in total. The molecule has 0 bridgehead atoms. The monoisotopic (exact) mass is 280 g/mol. The number of hydrogen-bond acceptors (Lipinski definition) is 2. The fraction of sp³-hybridized carbons (Fsp3) is 0. The summed E-state index contributed by atoms with van der Waals surface area (Å²) >= 11 is 0. The molecule has 0 unspecified atom stereocenters. The van der Waals surface area contributed by atoms with E-state index in [0.717, 1.165) is 18.2 Å². The van der Waals surface area contributed by atoms with Gasteiger partial charge in [-0.2, -0.15) is 0 Å². The van der Waals surface area contributed by atoms with Gasteiger partial charge in [0.1, 0.15) is 11.6 Å². The summed E-state index contributed by atoms with van der Waals surface area (Å²) in [6.45, 7) is 3.33. The molecule has 0 heterocycles. The van der Waals surface area contributed by atoms with E-state index in [9.17, 15) is 17.2 Å². The Bertz CT molecular complexity index is 702. The highest BCUT2D eigenvalue weighted by Crippen LogP contribution is 2.29. The van der Waals surface area contributed by atoms with E-state index in [1.54, 1.807) is 6.07 Å². The molecule has 0 saturated heterocycles. The van der Waals surface area contributed by atoms with Gasteiger partial charge in [-0.1, -0.05) is 30.8 Å². The third-order valence-corrected chi connectivity index (χ3v) is 4.37. The van der Waals surface area contributed by atoms with E-state index in [2.05, 4.69) is 6.58 Å². The van der Waals surface area contributed by atoms with E-state index in [-0.39, 0.29) is 4.90 Å². The van der Waals surface area contributed by atoms with Crippen molar-refractivity contribution in [1.29, 1.82) is 0 Å². The number of sulfone groups is 1. The topological polar surface area (TPSA) is 34.1 Å². The second-order valence-electron chi connectivity index (χ2n) is 3.84. The van der Waals surface area contributed by atoms with E-state index < -0.39 is 31.9 Å². The Labute approximate surface area is 109 Å². The predicted octanol–water partition coefficient (Wildman–Crippen LogP) is 3.41. The van der Waals surface area contributed by atoms with Crippen molar-refractivity contribution >= 4 is 14.7 Å². The minimum atomic E-state index is -4.01. The van der Waals surface area contributed by atoms with Gasteiger partial charge in [-0.25, -0.2) is 17.2 Å². The van der Waals surface area contributed by atoms with Crippen LogP contribution in [0.5, 0.6) is 0 Å². The minimum absolute atomic E-state index is 0.0531. The Kier molecular flexibility index (Phi) is 3.48. The molecular weight excluding hydrogens is 270 g/mol. The highest BCUT2D eigenvalue weighted by Gasteiger charge is 2.25. The molecule has 0 saturated carbocycles. The molecule has 2 rings (SSSR count). The van der Waals surface area contributed by atoms with Gasteiger partial charge < -0.3 is 0 Å². The molecule has 19 heavy (non-hydrogen) atoms. The van der Waals surface area contributed by atoms with Crippen LogP contribution in [0.4, 0.5) is 8.78 Å². The first-order chi connectivity index (χ1) is 8.94. The van der Waals surface area contributed by atoms with E-state index >= 15 is 0 Å². The third kappa shape index (κ3) is 2.42. The largest absolute Gasteiger partial charge is 0.219 e. The number of halogens is 2. The first-order valence-corrected chi connectivity index (χ1v) is 6.86. The summed E-state index contributed by atoms with van der Waals surface area (Å²) in [5.74, 6) is -1.91. The van der Waals surface area contributed by atoms with Gasteiger partial charge in [0, 0.05) is 0 Å². The molecule has 0 aliphatic heterocycles. The minimum Gasteiger partial charge on any atom is -0.219 e. The molecule has 0 fully saturated rings. The van der Waals surface area contributed by atoms with Gasteiger partial charge in [-0.3, -0.25) is 0 Å². The van der Waals surface area contributed by atoms with Crippen LogP contribution in [0.1, 0.15) is 5.56 Å². The summed E-state index contributed by atoms with van der Waals surface area (Å²) in [5.41, 5.74) is -0.619. The normalized spacial score (nSPS) is 11.3. The molecule has 5 heteroatoms. The van der Waals surface area contributed by atoms with Gasteiger partial charge in [0.25, 0.3) is 0 Å². The van der Waals surface area contributed by atoms with Crippen LogP contribution in [0, 0.1) is 11.6 Å². The van der Waals surface area contributed by atoms with Crippen LogP contribution in [0.25, 0.3) is 4.91 Å². The molecule has 0 atom stereocenters. The van der Waals surface area contributed by atoms with Crippen molar-refractivity contribution in [3.05, 3.63) is 72.3 Å². The molecule has 2 aromatic carbocycles. The number of benzene rings is 2. The van der Waals surface area contributed by atoms with E-state index in [4.69, 9.17) is 0 Å². The van der Waals surface area contributed by atoms with Crippen molar-refractivity contribution in [1.82, 2.24) is 0 Å². The average Bonchev–Trinajstić information content (AvgIpc) is 2.39. The number of rotatable bonds is 3. The molecule has 0 amide bonds. The zero-order chi connectivity index (χ0) is 14.0. The smallest absolute Gasteiger partial charge is 0.206 e. The lowest BCUT2D eigenvalue weighted by molar-refractivity contribution is 0.575. The predicted molar refractivity (Wildman–Crippen MR) is 69.0 cm³/mol. The van der Waals surface area contributed by atoms with Gasteiger partial charge in [0.15, 0.2) is 0 Å². The fourth-order valence-electron chi connectivity index (χ4n) is 1.64. The Balaban J connectivity index is 2.57. The van der Waals surface area contributed by atoms with E-state index in [1.165, 1.54) is 24.3 Å². The van der Waals surface area contributed by atoms with Gasteiger partial charge in [0.05, 0.1) is 15.4 Å². The van der Waals surface area contributed by atoms with E-state index in [1.807, 2.05) is 0 Å². The number of hydrogen-bond donors (Lipinski definition) is 0. The van der Waals surface area contributed by atoms with Crippen molar-refractivity contribution in [2.75, 3.05) is 0 Å². The summed E-state index contributed by atoms with van der Waals surface area (Å²) in [7, 11) is -4.01. The van der Waals surface area contributed by atoms with Crippen LogP contribution < -0.4 is 0 Å². The van der Waals surface area contributed by atoms with Gasteiger partial charge >= 0.3 is 0 Å². The van der Waals surface area contributed by atoms with Gasteiger partial charge in [-0.15, -0.1) is 0 Å². The van der Waals surface area contributed by atoms with Crippen LogP contribution in [-0.4, -0.2) is 8.42 Å². The molecule has 0 radical (unpaired) electrons. The quantitative estimate of drug-likeness (QED) is 0.863. The Hall–Kier alpha value is -2.01. The summed E-state index contributed by atoms with van der Waals surface area (Å²) in [6, 6.07) is 10.5. The summed E-state index contributed by atoms with van der Waals surface area (Å²) in [6.07, 6.45) is 0. The molecular formula is C14H10F2O2S. The fourth-order valence-corrected chi connectivity index (χ4v) is 2.90. The molecule has 0 aromatic heterocycles. The Morgan fingerprint density at radius 1 is 0.895 bits per heavy atom. The molecule has 0 aliphatic carbocycles. The highest BCUT2D eigenvalue weighted by atomic mass is 32.2. The van der Waals surface area contributed by atoms with Crippen molar-refractivity contribution in [3.8, 4) is 0 Å². The first-order valence-electron chi connectivity index (χ1n) is 5.38. The summed E-state index contributed by atoms with van der Waals surface area (Å²) in [5, 5.41) is 0. The lowest BCUT2D eigenvalue weighted by atomic mass is 10.2. The molecule has 2 nitrogen and oxygen atoms in total. The lowest BCUT2D eigenvalue weighted by Crippen LogP contribution is -2.06. The molecule has 98 valence electrons. The van der Waals surface area contributed by atoms with E-state index in [0.29, 0.717) is 0 Å². The van der Waals surface area contributed by atoms with Crippen molar-refractivity contribution in [3.63, 3.8) is 0 Å². The van der Waals surface area contributed by atoms with Crippen molar-refractivity contribution in [2.45, 2.75) is 4.90 Å². The Morgan fingerprint density at radius 2 is 1.42 bits per heavy atom. The van der Waals surface area contributed by atoms with Crippen LogP contribution in [0.2, 0.25) is 0 Å². The SMILES string of the molecule is C=C(c1c(F)cccc1F)S(=O)(=O)c1ccccc1. The highest BCUT2D eigenvalue weighted by molar-refractivity contribution is 8.00. The van der Waals surface area contributed by atoms with Gasteiger partial charge in [-0.05, 0) is 24.3 Å². The van der Waals surface area contributed by atoms with Crippen LogP contribution in [0.3, 0.4) is 0 Å². The zero-order valence-corrected chi connectivity index (χ0v) is 10.6. The second kappa shape index (κ2) is 4.93. The van der Waals surface area contributed by atoms with Gasteiger partial charge in [0.2, 0.25) is 9.84 Å². The lowest BCUT2D eigenvalue weighted by Gasteiger charge is -2.09. The van der Waals surface area contributed by atoms with Crippen LogP contribution >= 0.6 is 0 Å². The standard InChI is InChI=1S/C14H10F2O2S/c1-10(14-12(15)8-5-9-13(14)16)19(17,18)11-6-3-2-4-7-11/h2-9H,1H2. The zero-order valence-electron chi connectivity index (χ0n) is 9.81. The van der Waals surface area contributed by atoms with Crippen molar-refractivity contribution in [2.24, 2.45) is 0 Å². The maximum Gasteiger partial charge on any atom is 0.206 e. The Morgan fingerprint density at radius 3 is 1.95 bits per heavy atom.